The molecular formula is C14H18N2O2. The zero-order valence-electron chi connectivity index (χ0n) is 10.7. The molecule has 1 aromatic carbocycles. The zero-order chi connectivity index (χ0) is 13.0. The number of rotatable bonds is 5. The molecular weight excluding hydrogens is 228 g/mol. The predicted molar refractivity (Wildman–Crippen MR) is 69.3 cm³/mol. The van der Waals surface area contributed by atoms with Gasteiger partial charge in [-0.05, 0) is 17.7 Å². The van der Waals surface area contributed by atoms with Crippen LogP contribution >= 0.6 is 0 Å². The molecule has 0 saturated heterocycles. The Morgan fingerprint density at radius 2 is 2.06 bits per heavy atom. The minimum Gasteiger partial charge on any atom is -0.497 e. The van der Waals surface area contributed by atoms with Crippen molar-refractivity contribution in [3.8, 4) is 5.75 Å². The number of aliphatic hydroxyl groups excluding tert-OH is 1. The summed E-state index contributed by atoms with van der Waals surface area (Å²) in [5.41, 5.74) is 0.906. The maximum absolute atomic E-state index is 10.3. The molecule has 0 amide bonds. The van der Waals surface area contributed by atoms with Gasteiger partial charge in [0.05, 0.1) is 19.5 Å². The molecule has 0 aliphatic rings. The number of benzene rings is 1. The molecule has 4 nitrogen and oxygen atoms in total. The second-order valence-electron chi connectivity index (χ2n) is 4.45. The van der Waals surface area contributed by atoms with Crippen LogP contribution in [0.15, 0.2) is 43.0 Å². The van der Waals surface area contributed by atoms with Crippen molar-refractivity contribution < 1.29 is 9.84 Å². The van der Waals surface area contributed by atoms with Gasteiger partial charge in [0.15, 0.2) is 0 Å². The molecule has 0 fully saturated rings. The van der Waals surface area contributed by atoms with Crippen molar-refractivity contribution in [3.05, 3.63) is 48.5 Å². The van der Waals surface area contributed by atoms with Crippen LogP contribution in [0.1, 0.15) is 18.6 Å². The minimum absolute atomic E-state index is 0.118. The Kier molecular flexibility index (Phi) is 3.99. The standard InChI is InChI=1S/C14H18N2O2/c1-11(9-16-8-7-15-10-16)14(17)12-3-5-13(18-2)6-4-12/h3-8,10-11,14,17H,9H2,1-2H3. The Hall–Kier alpha value is -1.81. The first-order chi connectivity index (χ1) is 8.70. The molecule has 0 spiro atoms. The average molecular weight is 246 g/mol. The van der Waals surface area contributed by atoms with Gasteiger partial charge in [-0.15, -0.1) is 0 Å². The van der Waals surface area contributed by atoms with E-state index in [4.69, 9.17) is 4.74 Å². The number of hydrogen-bond acceptors (Lipinski definition) is 3. The fourth-order valence-corrected chi connectivity index (χ4v) is 1.96. The highest BCUT2D eigenvalue weighted by Crippen LogP contribution is 2.24. The van der Waals surface area contributed by atoms with Gasteiger partial charge in [0, 0.05) is 24.9 Å². The second-order valence-corrected chi connectivity index (χ2v) is 4.45. The summed E-state index contributed by atoms with van der Waals surface area (Å²) < 4.78 is 7.07. The molecule has 2 unspecified atom stereocenters. The van der Waals surface area contributed by atoms with Crippen molar-refractivity contribution in [2.75, 3.05) is 7.11 Å². The van der Waals surface area contributed by atoms with Crippen LogP contribution in [0.2, 0.25) is 0 Å². The molecule has 96 valence electrons. The highest BCUT2D eigenvalue weighted by molar-refractivity contribution is 5.28. The van der Waals surface area contributed by atoms with E-state index in [2.05, 4.69) is 4.98 Å². The highest BCUT2D eigenvalue weighted by Gasteiger charge is 2.16. The summed E-state index contributed by atoms with van der Waals surface area (Å²) in [7, 11) is 1.63. The van der Waals surface area contributed by atoms with Gasteiger partial charge >= 0.3 is 0 Å². The van der Waals surface area contributed by atoms with Gasteiger partial charge in [-0.1, -0.05) is 19.1 Å². The summed E-state index contributed by atoms with van der Waals surface area (Å²) in [5, 5.41) is 10.3. The predicted octanol–water partition coefficient (Wildman–Crippen LogP) is 2.26. The molecule has 2 atom stereocenters. The van der Waals surface area contributed by atoms with Crippen LogP contribution < -0.4 is 4.74 Å². The lowest BCUT2D eigenvalue weighted by Crippen LogP contribution is -2.15. The summed E-state index contributed by atoms with van der Waals surface area (Å²) in [6.07, 6.45) is 4.92. The van der Waals surface area contributed by atoms with E-state index in [9.17, 15) is 5.11 Å². The lowest BCUT2D eigenvalue weighted by molar-refractivity contribution is 0.107. The van der Waals surface area contributed by atoms with E-state index >= 15 is 0 Å². The summed E-state index contributed by atoms with van der Waals surface area (Å²) >= 11 is 0. The Labute approximate surface area is 107 Å². The fourth-order valence-electron chi connectivity index (χ4n) is 1.96. The lowest BCUT2D eigenvalue weighted by Gasteiger charge is -2.19. The zero-order valence-corrected chi connectivity index (χ0v) is 10.7. The van der Waals surface area contributed by atoms with E-state index in [0.29, 0.717) is 0 Å². The fraction of sp³-hybridized carbons (Fsp3) is 0.357. The van der Waals surface area contributed by atoms with Crippen LogP contribution in [0.25, 0.3) is 0 Å². The number of ether oxygens (including phenoxy) is 1. The Morgan fingerprint density at radius 3 is 2.61 bits per heavy atom. The maximum Gasteiger partial charge on any atom is 0.118 e. The SMILES string of the molecule is COc1ccc(C(O)C(C)Cn2ccnc2)cc1. The van der Waals surface area contributed by atoms with E-state index in [1.54, 1.807) is 19.6 Å². The average Bonchev–Trinajstić information content (AvgIpc) is 2.91. The molecule has 2 rings (SSSR count). The minimum atomic E-state index is -0.488. The summed E-state index contributed by atoms with van der Waals surface area (Å²) in [6.45, 7) is 2.77. The van der Waals surface area contributed by atoms with E-state index in [1.165, 1.54) is 0 Å². The number of aromatic nitrogens is 2. The number of aliphatic hydroxyl groups is 1. The molecule has 0 aliphatic heterocycles. The molecule has 0 bridgehead atoms. The quantitative estimate of drug-likeness (QED) is 0.880. The second kappa shape index (κ2) is 5.69. The molecule has 0 saturated carbocycles. The van der Waals surface area contributed by atoms with Crippen molar-refractivity contribution in [2.45, 2.75) is 19.6 Å². The van der Waals surface area contributed by atoms with Gasteiger partial charge in [-0.3, -0.25) is 0 Å². The van der Waals surface area contributed by atoms with Crippen molar-refractivity contribution >= 4 is 0 Å². The molecule has 1 heterocycles. The molecule has 18 heavy (non-hydrogen) atoms. The first kappa shape index (κ1) is 12.6. The normalized spacial score (nSPS) is 14.2. The Bertz CT molecular complexity index is 465. The van der Waals surface area contributed by atoms with E-state index in [0.717, 1.165) is 17.9 Å². The van der Waals surface area contributed by atoms with Gasteiger partial charge in [-0.25, -0.2) is 4.98 Å². The van der Waals surface area contributed by atoms with Gasteiger partial charge in [0.25, 0.3) is 0 Å². The third-order valence-electron chi connectivity index (χ3n) is 3.05. The molecule has 0 aliphatic carbocycles. The van der Waals surface area contributed by atoms with Gasteiger partial charge in [0.2, 0.25) is 0 Å². The van der Waals surface area contributed by atoms with Gasteiger partial charge < -0.3 is 14.4 Å². The summed E-state index contributed by atoms with van der Waals surface area (Å²) in [4.78, 5) is 3.99. The van der Waals surface area contributed by atoms with E-state index in [-0.39, 0.29) is 5.92 Å². The first-order valence-electron chi connectivity index (χ1n) is 5.98. The van der Waals surface area contributed by atoms with E-state index < -0.39 is 6.10 Å². The van der Waals surface area contributed by atoms with Crippen LogP contribution in [0, 0.1) is 5.92 Å². The van der Waals surface area contributed by atoms with Crippen molar-refractivity contribution in [1.82, 2.24) is 9.55 Å². The van der Waals surface area contributed by atoms with Crippen molar-refractivity contribution in [2.24, 2.45) is 5.92 Å². The smallest absolute Gasteiger partial charge is 0.118 e. The molecule has 1 N–H and O–H groups in total. The highest BCUT2D eigenvalue weighted by atomic mass is 16.5. The lowest BCUT2D eigenvalue weighted by atomic mass is 9.97. The van der Waals surface area contributed by atoms with Crippen LogP contribution in [0.3, 0.4) is 0 Å². The summed E-state index contributed by atoms with van der Waals surface area (Å²) in [6, 6.07) is 7.52. The van der Waals surface area contributed by atoms with Gasteiger partial charge in [-0.2, -0.15) is 0 Å². The van der Waals surface area contributed by atoms with Crippen LogP contribution in [-0.4, -0.2) is 21.8 Å². The largest absolute Gasteiger partial charge is 0.497 e. The molecule has 2 aromatic rings. The topological polar surface area (TPSA) is 47.3 Å². The van der Waals surface area contributed by atoms with Crippen molar-refractivity contribution in [3.63, 3.8) is 0 Å². The number of imidazole rings is 1. The first-order valence-corrected chi connectivity index (χ1v) is 5.98. The van der Waals surface area contributed by atoms with E-state index in [1.807, 2.05) is 42.0 Å². The third-order valence-corrected chi connectivity index (χ3v) is 3.05. The monoisotopic (exact) mass is 246 g/mol. The molecule has 0 radical (unpaired) electrons. The number of nitrogens with zero attached hydrogens (tertiary/aromatic N) is 2. The summed E-state index contributed by atoms with van der Waals surface area (Å²) in [5.74, 6) is 0.917. The van der Waals surface area contributed by atoms with Gasteiger partial charge in [0.1, 0.15) is 5.75 Å². The number of hydrogen-bond donors (Lipinski definition) is 1. The number of methoxy groups -OCH3 is 1. The van der Waals surface area contributed by atoms with Crippen LogP contribution in [0.4, 0.5) is 0 Å². The molecule has 1 aromatic heterocycles. The van der Waals surface area contributed by atoms with Crippen LogP contribution in [0.5, 0.6) is 5.75 Å². The Balaban J connectivity index is 2.02. The molecule has 4 heteroatoms. The Morgan fingerprint density at radius 1 is 1.33 bits per heavy atom. The third kappa shape index (κ3) is 2.90. The maximum atomic E-state index is 10.3. The van der Waals surface area contributed by atoms with Crippen LogP contribution in [-0.2, 0) is 6.54 Å². The van der Waals surface area contributed by atoms with Crippen molar-refractivity contribution in [1.29, 1.82) is 0 Å².